The number of ether oxygens (including phenoxy) is 1. The molecule has 1 atom stereocenters. The maximum Gasteiger partial charge on any atom is 0.490 e. The van der Waals surface area contributed by atoms with E-state index in [2.05, 4.69) is 24.8 Å². The van der Waals surface area contributed by atoms with E-state index >= 15 is 0 Å². The van der Waals surface area contributed by atoms with E-state index in [4.69, 9.17) is 0 Å². The van der Waals surface area contributed by atoms with Crippen molar-refractivity contribution >= 4 is 17.0 Å². The van der Waals surface area contributed by atoms with Gasteiger partial charge < -0.3 is 9.72 Å². The lowest BCUT2D eigenvalue weighted by Crippen LogP contribution is -2.26. The second-order valence-corrected chi connectivity index (χ2v) is 5.66. The highest BCUT2D eigenvalue weighted by Crippen LogP contribution is 2.26. The zero-order valence-electron chi connectivity index (χ0n) is 13.8. The maximum absolute atomic E-state index is 12.2. The number of carbonyl (C=O) groups excluding carboxylic acids is 1. The van der Waals surface area contributed by atoms with E-state index in [0.29, 0.717) is 17.8 Å². The molecule has 10 heteroatoms. The third-order valence-corrected chi connectivity index (χ3v) is 3.99. The summed E-state index contributed by atoms with van der Waals surface area (Å²) >= 11 is 0. The van der Waals surface area contributed by atoms with Crippen LogP contribution in [0.2, 0.25) is 0 Å². The molecule has 3 aromatic heterocycles. The van der Waals surface area contributed by atoms with Gasteiger partial charge in [0.15, 0.2) is 0 Å². The van der Waals surface area contributed by atoms with Gasteiger partial charge in [-0.1, -0.05) is 6.92 Å². The Morgan fingerprint density at radius 3 is 2.92 bits per heavy atom. The average molecular weight is 367 g/mol. The van der Waals surface area contributed by atoms with E-state index in [9.17, 15) is 18.0 Å². The molecule has 3 rings (SSSR count). The molecule has 0 fully saturated rings. The Labute approximate surface area is 146 Å². The first-order valence-corrected chi connectivity index (χ1v) is 7.96. The van der Waals surface area contributed by atoms with E-state index in [1.165, 1.54) is 6.33 Å². The number of rotatable bonds is 6. The summed E-state index contributed by atoms with van der Waals surface area (Å²) in [4.78, 5) is 22.2. The van der Waals surface area contributed by atoms with Gasteiger partial charge in [-0.2, -0.15) is 18.3 Å². The van der Waals surface area contributed by atoms with Gasteiger partial charge in [-0.25, -0.2) is 14.8 Å². The Bertz CT molecular complexity index is 903. The summed E-state index contributed by atoms with van der Waals surface area (Å²) in [5.41, 5.74) is 2.18. The second kappa shape index (κ2) is 7.14. The highest BCUT2D eigenvalue weighted by Gasteiger charge is 2.40. The van der Waals surface area contributed by atoms with Gasteiger partial charge in [0.1, 0.15) is 12.0 Å². The van der Waals surface area contributed by atoms with Crippen LogP contribution in [0.5, 0.6) is 0 Å². The van der Waals surface area contributed by atoms with Crippen molar-refractivity contribution < 1.29 is 22.7 Å². The minimum atomic E-state index is -4.98. The molecule has 0 radical (unpaired) electrons. The molecule has 0 aliphatic rings. The minimum absolute atomic E-state index is 0.201. The molecule has 0 amide bonds. The molecule has 0 aliphatic carbocycles. The van der Waals surface area contributed by atoms with Crippen LogP contribution in [0.3, 0.4) is 0 Å². The average Bonchev–Trinajstić information content (AvgIpc) is 3.26. The van der Waals surface area contributed by atoms with Crippen molar-refractivity contribution in [2.45, 2.75) is 32.0 Å². The van der Waals surface area contributed by atoms with Crippen LogP contribution in [0, 0.1) is 0 Å². The summed E-state index contributed by atoms with van der Waals surface area (Å²) in [5, 5.41) is 5.13. The zero-order valence-corrected chi connectivity index (χ0v) is 13.8. The fourth-order valence-electron chi connectivity index (χ4n) is 2.66. The molecule has 0 saturated heterocycles. The lowest BCUT2D eigenvalue weighted by Gasteiger charge is -2.15. The summed E-state index contributed by atoms with van der Waals surface area (Å²) in [7, 11) is 0. The first-order chi connectivity index (χ1) is 12.4. The van der Waals surface area contributed by atoms with E-state index in [1.807, 2.05) is 13.0 Å². The smallest absolute Gasteiger partial charge is 0.459 e. The monoisotopic (exact) mass is 367 g/mol. The summed E-state index contributed by atoms with van der Waals surface area (Å²) in [5.74, 6) is -2.18. The van der Waals surface area contributed by atoms with Gasteiger partial charge in [0.25, 0.3) is 0 Å². The van der Waals surface area contributed by atoms with Crippen LogP contribution in [-0.2, 0) is 9.53 Å². The molecular formula is C16H16F3N5O2. The molecule has 0 spiro atoms. The van der Waals surface area contributed by atoms with Crippen LogP contribution in [-0.4, -0.2) is 43.5 Å². The normalized spacial score (nSPS) is 13.1. The van der Waals surface area contributed by atoms with Gasteiger partial charge in [0.2, 0.25) is 0 Å². The summed E-state index contributed by atoms with van der Waals surface area (Å²) in [6, 6.07) is 1.66. The highest BCUT2D eigenvalue weighted by atomic mass is 19.4. The summed E-state index contributed by atoms with van der Waals surface area (Å²) < 4.78 is 42.4. The topological polar surface area (TPSA) is 85.7 Å². The van der Waals surface area contributed by atoms with Crippen molar-refractivity contribution in [1.82, 2.24) is 24.7 Å². The molecule has 0 aliphatic heterocycles. The lowest BCUT2D eigenvalue weighted by molar-refractivity contribution is -0.199. The number of fused-ring (bicyclic) bond motifs is 1. The predicted molar refractivity (Wildman–Crippen MR) is 86.1 cm³/mol. The number of alkyl halides is 3. The summed E-state index contributed by atoms with van der Waals surface area (Å²) in [6.45, 7) is 1.55. The molecule has 3 aromatic rings. The fraction of sp³-hybridized carbons (Fsp3) is 0.375. The van der Waals surface area contributed by atoms with Crippen molar-refractivity contribution in [3.05, 3.63) is 31.0 Å². The van der Waals surface area contributed by atoms with Crippen molar-refractivity contribution in [1.29, 1.82) is 0 Å². The molecule has 26 heavy (non-hydrogen) atoms. The zero-order chi connectivity index (χ0) is 18.7. The van der Waals surface area contributed by atoms with Gasteiger partial charge in [0, 0.05) is 29.8 Å². The Kier molecular flexibility index (Phi) is 4.92. The standard InChI is InChI=1S/C16H16F3N5O2/c1-2-11(4-6-26-15(25)16(17,18)19)24-8-10(7-23-24)13-12-3-5-20-14(12)22-9-21-13/h3,5,7-9,11H,2,4,6H2,1H3,(H,20,21,22). The number of H-pyrrole nitrogens is 1. The number of nitrogens with one attached hydrogen (secondary N) is 1. The Hall–Kier alpha value is -2.91. The highest BCUT2D eigenvalue weighted by molar-refractivity contribution is 5.89. The number of esters is 1. The van der Waals surface area contributed by atoms with Gasteiger partial charge in [-0.15, -0.1) is 0 Å². The van der Waals surface area contributed by atoms with E-state index in [1.54, 1.807) is 23.3 Å². The largest absolute Gasteiger partial charge is 0.490 e. The van der Waals surface area contributed by atoms with E-state index < -0.39 is 12.1 Å². The van der Waals surface area contributed by atoms with Crippen LogP contribution >= 0.6 is 0 Å². The van der Waals surface area contributed by atoms with Crippen molar-refractivity contribution in [2.75, 3.05) is 6.61 Å². The van der Waals surface area contributed by atoms with Crippen molar-refractivity contribution in [3.63, 3.8) is 0 Å². The quantitative estimate of drug-likeness (QED) is 0.676. The van der Waals surface area contributed by atoms with Gasteiger partial charge in [-0.3, -0.25) is 4.68 Å². The van der Waals surface area contributed by atoms with E-state index in [-0.39, 0.29) is 19.1 Å². The summed E-state index contributed by atoms with van der Waals surface area (Å²) in [6.07, 6.45) is 2.48. The van der Waals surface area contributed by atoms with Crippen LogP contribution in [0.15, 0.2) is 31.0 Å². The van der Waals surface area contributed by atoms with E-state index in [0.717, 1.165) is 10.9 Å². The van der Waals surface area contributed by atoms with Crippen molar-refractivity contribution in [3.8, 4) is 11.3 Å². The van der Waals surface area contributed by atoms with Crippen LogP contribution < -0.4 is 0 Å². The lowest BCUT2D eigenvalue weighted by atomic mass is 10.1. The first-order valence-electron chi connectivity index (χ1n) is 7.96. The molecule has 1 N–H and O–H groups in total. The Morgan fingerprint density at radius 1 is 1.38 bits per heavy atom. The molecule has 138 valence electrons. The SMILES string of the molecule is CCC(CCOC(=O)C(F)(F)F)n1cc(-c2ncnc3[nH]ccc23)cn1. The molecular weight excluding hydrogens is 351 g/mol. The number of aromatic nitrogens is 5. The number of halogens is 3. The fourth-order valence-corrected chi connectivity index (χ4v) is 2.66. The predicted octanol–water partition coefficient (Wildman–Crippen LogP) is 3.27. The van der Waals surface area contributed by atoms with Crippen LogP contribution in [0.25, 0.3) is 22.3 Å². The molecule has 7 nitrogen and oxygen atoms in total. The van der Waals surface area contributed by atoms with Gasteiger partial charge >= 0.3 is 12.1 Å². The molecule has 0 aromatic carbocycles. The van der Waals surface area contributed by atoms with Crippen LogP contribution in [0.1, 0.15) is 25.8 Å². The van der Waals surface area contributed by atoms with Gasteiger partial charge in [0.05, 0.1) is 24.5 Å². The first kappa shape index (κ1) is 17.9. The third-order valence-electron chi connectivity index (χ3n) is 3.99. The van der Waals surface area contributed by atoms with Gasteiger partial charge in [-0.05, 0) is 12.5 Å². The molecule has 3 heterocycles. The number of carbonyl (C=O) groups is 1. The number of hydrogen-bond donors (Lipinski definition) is 1. The maximum atomic E-state index is 12.2. The molecule has 0 saturated carbocycles. The Morgan fingerprint density at radius 2 is 2.19 bits per heavy atom. The number of hydrogen-bond acceptors (Lipinski definition) is 5. The molecule has 0 bridgehead atoms. The second-order valence-electron chi connectivity index (χ2n) is 5.66. The third kappa shape index (κ3) is 3.68. The van der Waals surface area contributed by atoms with Crippen molar-refractivity contribution in [2.24, 2.45) is 0 Å². The number of aromatic amines is 1. The van der Waals surface area contributed by atoms with Crippen LogP contribution in [0.4, 0.5) is 13.2 Å². The number of nitrogens with zero attached hydrogens (tertiary/aromatic N) is 4. The Balaban J connectivity index is 1.71. The molecule has 1 unspecified atom stereocenters. The minimum Gasteiger partial charge on any atom is -0.459 e.